The highest BCUT2D eigenvalue weighted by Crippen LogP contribution is 2.17. The van der Waals surface area contributed by atoms with Gasteiger partial charge in [-0.25, -0.2) is 0 Å². The fourth-order valence-corrected chi connectivity index (χ4v) is 2.41. The normalized spacial score (nSPS) is 19.8. The van der Waals surface area contributed by atoms with Crippen LogP contribution in [-0.2, 0) is 11.3 Å². The second kappa shape index (κ2) is 7.29. The Kier molecular flexibility index (Phi) is 5.41. The number of nitrogens with zero attached hydrogens (tertiary/aromatic N) is 1. The molecule has 1 aliphatic rings. The number of hydrogen-bond acceptors (Lipinski definition) is 3. The number of ether oxygens (including phenoxy) is 1. The largest absolute Gasteiger partial charge is 0.492 e. The van der Waals surface area contributed by atoms with Gasteiger partial charge in [0.05, 0.1) is 6.54 Å². The fourth-order valence-electron chi connectivity index (χ4n) is 2.41. The molecule has 0 saturated carbocycles. The second-order valence-corrected chi connectivity index (χ2v) is 5.51. The van der Waals surface area contributed by atoms with Gasteiger partial charge in [0.1, 0.15) is 12.4 Å². The van der Waals surface area contributed by atoms with Gasteiger partial charge in [-0.2, -0.15) is 0 Å². The summed E-state index contributed by atoms with van der Waals surface area (Å²) in [6.45, 7) is 4.83. The molecule has 2 rings (SSSR count). The number of likely N-dealkylation sites (tertiary alicyclic amines) is 1. The molecule has 4 nitrogen and oxygen atoms in total. The van der Waals surface area contributed by atoms with E-state index in [1.165, 1.54) is 0 Å². The molecule has 4 heteroatoms. The Morgan fingerprint density at radius 1 is 1.30 bits per heavy atom. The minimum Gasteiger partial charge on any atom is -0.492 e. The molecule has 0 radical (unpaired) electrons. The van der Waals surface area contributed by atoms with Gasteiger partial charge in [0.15, 0.2) is 0 Å². The first-order valence-corrected chi connectivity index (χ1v) is 7.38. The third-order valence-electron chi connectivity index (χ3n) is 3.88. The SMILES string of the molecule is CC1CCC(=O)N(CCOc2ccc(CN)cc2)CC1. The summed E-state index contributed by atoms with van der Waals surface area (Å²) in [7, 11) is 0. The lowest BCUT2D eigenvalue weighted by atomic mass is 10.0. The highest BCUT2D eigenvalue weighted by atomic mass is 16.5. The molecule has 20 heavy (non-hydrogen) atoms. The standard InChI is InChI=1S/C16H24N2O2/c1-13-2-7-16(19)18(9-8-13)10-11-20-15-5-3-14(12-17)4-6-15/h3-6,13H,2,7-12,17H2,1H3. The quantitative estimate of drug-likeness (QED) is 0.896. The predicted octanol–water partition coefficient (Wildman–Crippen LogP) is 2.17. The molecule has 1 fully saturated rings. The molecule has 110 valence electrons. The molecule has 1 atom stereocenters. The molecule has 1 heterocycles. The summed E-state index contributed by atoms with van der Waals surface area (Å²) < 4.78 is 5.69. The van der Waals surface area contributed by atoms with E-state index in [9.17, 15) is 4.79 Å². The first-order valence-electron chi connectivity index (χ1n) is 7.38. The van der Waals surface area contributed by atoms with Crippen molar-refractivity contribution in [2.24, 2.45) is 11.7 Å². The van der Waals surface area contributed by atoms with Crippen molar-refractivity contribution < 1.29 is 9.53 Å². The van der Waals surface area contributed by atoms with Crippen molar-refractivity contribution >= 4 is 5.91 Å². The minimum atomic E-state index is 0.261. The Morgan fingerprint density at radius 3 is 2.75 bits per heavy atom. The Morgan fingerprint density at radius 2 is 2.05 bits per heavy atom. The zero-order valence-corrected chi connectivity index (χ0v) is 12.2. The molecule has 1 unspecified atom stereocenters. The average molecular weight is 276 g/mol. The van der Waals surface area contributed by atoms with Crippen LogP contribution in [0.5, 0.6) is 5.75 Å². The predicted molar refractivity (Wildman–Crippen MR) is 79.4 cm³/mol. The maximum Gasteiger partial charge on any atom is 0.222 e. The van der Waals surface area contributed by atoms with E-state index in [4.69, 9.17) is 10.5 Å². The number of carbonyl (C=O) groups excluding carboxylic acids is 1. The highest BCUT2D eigenvalue weighted by Gasteiger charge is 2.19. The Balaban J connectivity index is 1.78. The van der Waals surface area contributed by atoms with Crippen molar-refractivity contribution in [3.63, 3.8) is 0 Å². The molecule has 1 aromatic rings. The van der Waals surface area contributed by atoms with Gasteiger partial charge < -0.3 is 15.4 Å². The third kappa shape index (κ3) is 4.23. The van der Waals surface area contributed by atoms with Crippen LogP contribution in [0.4, 0.5) is 0 Å². The van der Waals surface area contributed by atoms with Gasteiger partial charge >= 0.3 is 0 Å². The van der Waals surface area contributed by atoms with Crippen molar-refractivity contribution in [1.29, 1.82) is 0 Å². The molecule has 0 spiro atoms. The van der Waals surface area contributed by atoms with E-state index in [0.29, 0.717) is 32.0 Å². The molecule has 1 amide bonds. The smallest absolute Gasteiger partial charge is 0.222 e. The lowest BCUT2D eigenvalue weighted by molar-refractivity contribution is -0.131. The number of hydrogen-bond donors (Lipinski definition) is 1. The van der Waals surface area contributed by atoms with E-state index in [-0.39, 0.29) is 5.91 Å². The van der Waals surface area contributed by atoms with Crippen molar-refractivity contribution in [2.75, 3.05) is 19.7 Å². The van der Waals surface area contributed by atoms with Crippen LogP contribution in [0.15, 0.2) is 24.3 Å². The molecule has 1 saturated heterocycles. The van der Waals surface area contributed by atoms with E-state index in [1.54, 1.807) is 0 Å². The summed E-state index contributed by atoms with van der Waals surface area (Å²) in [5, 5.41) is 0. The third-order valence-corrected chi connectivity index (χ3v) is 3.88. The van der Waals surface area contributed by atoms with Gasteiger partial charge in [-0.3, -0.25) is 4.79 Å². The first kappa shape index (κ1) is 14.9. The summed E-state index contributed by atoms with van der Waals surface area (Å²) in [5.41, 5.74) is 6.65. The van der Waals surface area contributed by atoms with E-state index in [0.717, 1.165) is 30.7 Å². The van der Waals surface area contributed by atoms with E-state index in [2.05, 4.69) is 6.92 Å². The maximum atomic E-state index is 11.9. The molecule has 1 aliphatic heterocycles. The number of carbonyl (C=O) groups is 1. The summed E-state index contributed by atoms with van der Waals surface area (Å²) in [6.07, 6.45) is 2.78. The van der Waals surface area contributed by atoms with E-state index < -0.39 is 0 Å². The van der Waals surface area contributed by atoms with Crippen LogP contribution in [-0.4, -0.2) is 30.5 Å². The molecule has 0 aromatic heterocycles. The number of benzene rings is 1. The van der Waals surface area contributed by atoms with Crippen molar-refractivity contribution in [2.45, 2.75) is 32.7 Å². The molecular formula is C16H24N2O2. The molecule has 1 aromatic carbocycles. The van der Waals surface area contributed by atoms with Crippen LogP contribution < -0.4 is 10.5 Å². The lowest BCUT2D eigenvalue weighted by Gasteiger charge is -2.20. The molecule has 2 N–H and O–H groups in total. The van der Waals surface area contributed by atoms with Crippen LogP contribution in [0, 0.1) is 5.92 Å². The van der Waals surface area contributed by atoms with Crippen LogP contribution in [0.1, 0.15) is 31.7 Å². The Hall–Kier alpha value is -1.55. The van der Waals surface area contributed by atoms with Crippen molar-refractivity contribution in [3.8, 4) is 5.75 Å². The first-order chi connectivity index (χ1) is 9.69. The monoisotopic (exact) mass is 276 g/mol. The van der Waals surface area contributed by atoms with Gasteiger partial charge in [0.2, 0.25) is 5.91 Å². The maximum absolute atomic E-state index is 11.9. The van der Waals surface area contributed by atoms with Crippen molar-refractivity contribution in [1.82, 2.24) is 4.90 Å². The number of rotatable bonds is 5. The molecule has 0 aliphatic carbocycles. The van der Waals surface area contributed by atoms with Gasteiger partial charge in [-0.15, -0.1) is 0 Å². The topological polar surface area (TPSA) is 55.6 Å². The summed E-state index contributed by atoms with van der Waals surface area (Å²) >= 11 is 0. The van der Waals surface area contributed by atoms with Crippen LogP contribution in [0.2, 0.25) is 0 Å². The van der Waals surface area contributed by atoms with Crippen molar-refractivity contribution in [3.05, 3.63) is 29.8 Å². The highest BCUT2D eigenvalue weighted by molar-refractivity contribution is 5.76. The average Bonchev–Trinajstić information content (AvgIpc) is 2.63. The zero-order chi connectivity index (χ0) is 14.4. The fraction of sp³-hybridized carbons (Fsp3) is 0.562. The lowest BCUT2D eigenvalue weighted by Crippen LogP contribution is -2.34. The van der Waals surface area contributed by atoms with Crippen LogP contribution >= 0.6 is 0 Å². The summed E-state index contributed by atoms with van der Waals surface area (Å²) in [6, 6.07) is 7.78. The van der Waals surface area contributed by atoms with Gasteiger partial charge in [0.25, 0.3) is 0 Å². The Bertz CT molecular complexity index is 431. The Labute approximate surface area is 120 Å². The number of amides is 1. The van der Waals surface area contributed by atoms with Crippen LogP contribution in [0.3, 0.4) is 0 Å². The molecule has 0 bridgehead atoms. The second-order valence-electron chi connectivity index (χ2n) is 5.51. The number of nitrogens with two attached hydrogens (primary N) is 1. The summed E-state index contributed by atoms with van der Waals surface area (Å²) in [5.74, 6) is 1.74. The van der Waals surface area contributed by atoms with E-state index >= 15 is 0 Å². The van der Waals surface area contributed by atoms with Crippen LogP contribution in [0.25, 0.3) is 0 Å². The van der Waals surface area contributed by atoms with E-state index in [1.807, 2.05) is 29.2 Å². The van der Waals surface area contributed by atoms with Gasteiger partial charge in [-0.1, -0.05) is 19.1 Å². The van der Waals surface area contributed by atoms with Gasteiger partial charge in [-0.05, 0) is 36.5 Å². The zero-order valence-electron chi connectivity index (χ0n) is 12.2. The summed E-state index contributed by atoms with van der Waals surface area (Å²) in [4.78, 5) is 13.9. The molecular weight excluding hydrogens is 252 g/mol. The van der Waals surface area contributed by atoms with Gasteiger partial charge in [0, 0.05) is 19.5 Å². The minimum absolute atomic E-state index is 0.261.